The lowest BCUT2D eigenvalue weighted by atomic mass is 10.0. The third-order valence-corrected chi connectivity index (χ3v) is 4.82. The lowest BCUT2D eigenvalue weighted by molar-refractivity contribution is 0.538. The number of sulfonamides is 1. The molecule has 1 aromatic rings. The maximum absolute atomic E-state index is 11.7. The van der Waals surface area contributed by atoms with Gasteiger partial charge in [0.05, 0.1) is 5.75 Å². The molecule has 0 radical (unpaired) electrons. The predicted octanol–water partition coefficient (Wildman–Crippen LogP) is 1.90. The van der Waals surface area contributed by atoms with Crippen molar-refractivity contribution in [2.75, 3.05) is 24.2 Å². The van der Waals surface area contributed by atoms with E-state index in [4.69, 9.17) is 0 Å². The SMILES string of the molecule is CCS(=O)(=O)NC1CCCN(C)c2ccccc21. The Morgan fingerprint density at radius 3 is 2.83 bits per heavy atom. The first-order valence-electron chi connectivity index (χ1n) is 6.33. The van der Waals surface area contributed by atoms with Crippen LogP contribution >= 0.6 is 0 Å². The summed E-state index contributed by atoms with van der Waals surface area (Å²) in [5, 5.41) is 0. The van der Waals surface area contributed by atoms with E-state index in [0.29, 0.717) is 0 Å². The largest absolute Gasteiger partial charge is 0.374 e. The molecule has 1 atom stereocenters. The maximum Gasteiger partial charge on any atom is 0.211 e. The van der Waals surface area contributed by atoms with Crippen LogP contribution in [-0.4, -0.2) is 27.8 Å². The Morgan fingerprint density at radius 2 is 2.11 bits per heavy atom. The Hall–Kier alpha value is -1.07. The van der Waals surface area contributed by atoms with Crippen molar-refractivity contribution in [3.8, 4) is 0 Å². The molecule has 18 heavy (non-hydrogen) atoms. The van der Waals surface area contributed by atoms with Gasteiger partial charge in [-0.3, -0.25) is 0 Å². The van der Waals surface area contributed by atoms with Crippen LogP contribution in [0.5, 0.6) is 0 Å². The second kappa shape index (κ2) is 5.28. The van der Waals surface area contributed by atoms with Crippen LogP contribution in [0.25, 0.3) is 0 Å². The highest BCUT2D eigenvalue weighted by Crippen LogP contribution is 2.32. The number of para-hydroxylation sites is 1. The molecule has 0 amide bonds. The molecule has 1 aliphatic rings. The standard InChI is InChI=1S/C13H20N2O2S/c1-3-18(16,17)14-12-8-6-10-15(2)13-9-5-4-7-11(12)13/h4-5,7,9,12,14H,3,6,8,10H2,1-2H3. The summed E-state index contributed by atoms with van der Waals surface area (Å²) < 4.78 is 26.3. The molecule has 5 heteroatoms. The van der Waals surface area contributed by atoms with Gasteiger partial charge in [0.2, 0.25) is 10.0 Å². The Kier molecular flexibility index (Phi) is 3.92. The first kappa shape index (κ1) is 13.4. The molecule has 0 aliphatic carbocycles. The van der Waals surface area contributed by atoms with E-state index in [-0.39, 0.29) is 11.8 Å². The molecule has 0 fully saturated rings. The van der Waals surface area contributed by atoms with E-state index in [1.807, 2.05) is 24.3 Å². The molecule has 0 saturated carbocycles. The van der Waals surface area contributed by atoms with Gasteiger partial charge in [-0.1, -0.05) is 18.2 Å². The summed E-state index contributed by atoms with van der Waals surface area (Å²) in [6, 6.07) is 7.92. The van der Waals surface area contributed by atoms with Crippen molar-refractivity contribution >= 4 is 15.7 Å². The molecule has 0 aromatic heterocycles. The van der Waals surface area contributed by atoms with Gasteiger partial charge in [0.15, 0.2) is 0 Å². The molecule has 0 saturated heterocycles. The molecule has 1 unspecified atom stereocenters. The zero-order valence-corrected chi connectivity index (χ0v) is 11.7. The summed E-state index contributed by atoms with van der Waals surface area (Å²) in [4.78, 5) is 2.19. The molecule has 2 rings (SSSR count). The van der Waals surface area contributed by atoms with Crippen molar-refractivity contribution in [3.63, 3.8) is 0 Å². The van der Waals surface area contributed by atoms with E-state index in [2.05, 4.69) is 16.7 Å². The second-order valence-corrected chi connectivity index (χ2v) is 6.74. The molecule has 1 heterocycles. The molecular weight excluding hydrogens is 248 g/mol. The average molecular weight is 268 g/mol. The molecular formula is C13H20N2O2S. The highest BCUT2D eigenvalue weighted by molar-refractivity contribution is 7.89. The number of hydrogen-bond acceptors (Lipinski definition) is 3. The van der Waals surface area contributed by atoms with Crippen LogP contribution in [0, 0.1) is 0 Å². The van der Waals surface area contributed by atoms with E-state index in [9.17, 15) is 8.42 Å². The maximum atomic E-state index is 11.7. The Labute approximate surface area is 109 Å². The average Bonchev–Trinajstić information content (AvgIpc) is 2.51. The Balaban J connectivity index is 2.35. The van der Waals surface area contributed by atoms with E-state index < -0.39 is 10.0 Å². The van der Waals surface area contributed by atoms with Gasteiger partial charge >= 0.3 is 0 Å². The number of benzene rings is 1. The van der Waals surface area contributed by atoms with E-state index in [1.165, 1.54) is 0 Å². The molecule has 0 bridgehead atoms. The minimum absolute atomic E-state index is 0.101. The van der Waals surface area contributed by atoms with Gasteiger partial charge in [0.25, 0.3) is 0 Å². The molecule has 100 valence electrons. The zero-order valence-electron chi connectivity index (χ0n) is 10.9. The van der Waals surface area contributed by atoms with Gasteiger partial charge in [-0.05, 0) is 31.4 Å². The summed E-state index contributed by atoms with van der Waals surface area (Å²) in [7, 11) is -1.11. The van der Waals surface area contributed by atoms with Gasteiger partial charge < -0.3 is 4.90 Å². The van der Waals surface area contributed by atoms with E-state index in [1.54, 1.807) is 6.92 Å². The fourth-order valence-electron chi connectivity index (χ4n) is 2.36. The first-order chi connectivity index (χ1) is 8.53. The first-order valence-corrected chi connectivity index (χ1v) is 7.99. The number of fused-ring (bicyclic) bond motifs is 1. The van der Waals surface area contributed by atoms with Crippen LogP contribution in [0.1, 0.15) is 31.4 Å². The monoisotopic (exact) mass is 268 g/mol. The highest BCUT2D eigenvalue weighted by atomic mass is 32.2. The Morgan fingerprint density at radius 1 is 1.39 bits per heavy atom. The zero-order chi connectivity index (χ0) is 13.2. The number of anilines is 1. The van der Waals surface area contributed by atoms with Crippen molar-refractivity contribution in [2.45, 2.75) is 25.8 Å². The smallest absolute Gasteiger partial charge is 0.211 e. The number of rotatable bonds is 3. The molecule has 1 aromatic carbocycles. The van der Waals surface area contributed by atoms with Gasteiger partial charge in [-0.25, -0.2) is 13.1 Å². The number of nitrogens with one attached hydrogen (secondary N) is 1. The van der Waals surface area contributed by atoms with Crippen molar-refractivity contribution in [3.05, 3.63) is 29.8 Å². The third-order valence-electron chi connectivity index (χ3n) is 3.41. The number of hydrogen-bond donors (Lipinski definition) is 1. The van der Waals surface area contributed by atoms with Crippen molar-refractivity contribution in [1.82, 2.24) is 4.72 Å². The van der Waals surface area contributed by atoms with E-state index >= 15 is 0 Å². The normalized spacial score (nSPS) is 20.3. The minimum atomic E-state index is -3.16. The summed E-state index contributed by atoms with van der Waals surface area (Å²) in [5.41, 5.74) is 2.20. The van der Waals surface area contributed by atoms with Crippen LogP contribution in [0.2, 0.25) is 0 Å². The summed E-state index contributed by atoms with van der Waals surface area (Å²) in [6.45, 7) is 2.62. The predicted molar refractivity (Wildman–Crippen MR) is 74.3 cm³/mol. The van der Waals surface area contributed by atoms with Gasteiger partial charge in [0, 0.05) is 25.3 Å². The van der Waals surface area contributed by atoms with Crippen molar-refractivity contribution in [1.29, 1.82) is 0 Å². The fraction of sp³-hybridized carbons (Fsp3) is 0.538. The van der Waals surface area contributed by atoms with Crippen LogP contribution in [0.15, 0.2) is 24.3 Å². The fourth-order valence-corrected chi connectivity index (χ4v) is 3.21. The summed E-state index contributed by atoms with van der Waals surface area (Å²) >= 11 is 0. The molecule has 0 spiro atoms. The highest BCUT2D eigenvalue weighted by Gasteiger charge is 2.24. The second-order valence-electron chi connectivity index (χ2n) is 4.70. The van der Waals surface area contributed by atoms with Crippen molar-refractivity contribution < 1.29 is 8.42 Å². The third kappa shape index (κ3) is 2.84. The van der Waals surface area contributed by atoms with Crippen LogP contribution < -0.4 is 9.62 Å². The Bertz CT molecular complexity index is 513. The topological polar surface area (TPSA) is 49.4 Å². The summed E-state index contributed by atoms with van der Waals surface area (Å²) in [5.74, 6) is 0.126. The van der Waals surface area contributed by atoms with Crippen molar-refractivity contribution in [2.24, 2.45) is 0 Å². The van der Waals surface area contributed by atoms with Crippen LogP contribution in [-0.2, 0) is 10.0 Å². The van der Waals surface area contributed by atoms with Gasteiger partial charge in [-0.2, -0.15) is 0 Å². The van der Waals surface area contributed by atoms with Crippen LogP contribution in [0.3, 0.4) is 0 Å². The van der Waals surface area contributed by atoms with E-state index in [0.717, 1.165) is 30.6 Å². The number of nitrogens with zero attached hydrogens (tertiary/aromatic N) is 1. The van der Waals surface area contributed by atoms with Crippen LogP contribution in [0.4, 0.5) is 5.69 Å². The minimum Gasteiger partial charge on any atom is -0.374 e. The van der Waals surface area contributed by atoms with Gasteiger partial charge in [0.1, 0.15) is 0 Å². The lowest BCUT2D eigenvalue weighted by Gasteiger charge is -2.21. The quantitative estimate of drug-likeness (QED) is 0.911. The molecule has 1 aliphatic heterocycles. The lowest BCUT2D eigenvalue weighted by Crippen LogP contribution is -2.29. The molecule has 4 nitrogen and oxygen atoms in total. The summed E-state index contributed by atoms with van der Waals surface area (Å²) in [6.07, 6.45) is 1.84. The van der Waals surface area contributed by atoms with Gasteiger partial charge in [-0.15, -0.1) is 0 Å². The molecule has 1 N–H and O–H groups in total.